The summed E-state index contributed by atoms with van der Waals surface area (Å²) in [7, 11) is -2.17. The van der Waals surface area contributed by atoms with E-state index >= 15 is 0 Å². The number of rotatable bonds is 5. The number of hydrogen-bond donors (Lipinski definition) is 0. The van der Waals surface area contributed by atoms with Crippen molar-refractivity contribution in [3.8, 4) is 0 Å². The molecule has 166 valence electrons. The average molecular weight is 439 g/mol. The molecule has 4 rings (SSSR count). The van der Waals surface area contributed by atoms with Crippen molar-refractivity contribution in [3.05, 3.63) is 71.8 Å². The van der Waals surface area contributed by atoms with Gasteiger partial charge < -0.3 is 9.33 Å². The van der Waals surface area contributed by atoms with E-state index in [1.807, 2.05) is 46.4 Å². The van der Waals surface area contributed by atoms with Crippen LogP contribution in [0.25, 0.3) is 0 Å². The summed E-state index contributed by atoms with van der Waals surface area (Å²) in [6, 6.07) is 20.0. The number of carbonyl (C=O) groups excluding carboxylic acids is 1. The summed E-state index contributed by atoms with van der Waals surface area (Å²) in [5, 5.41) is 1.90. The molecule has 2 aliphatic heterocycles. The van der Waals surface area contributed by atoms with Crippen molar-refractivity contribution >= 4 is 14.2 Å². The van der Waals surface area contributed by atoms with E-state index in [1.165, 1.54) is 0 Å². The maximum atomic E-state index is 13.5. The van der Waals surface area contributed by atoms with Crippen LogP contribution in [0.15, 0.2) is 60.7 Å². The van der Waals surface area contributed by atoms with E-state index in [4.69, 9.17) is 9.26 Å². The Hall–Kier alpha value is -1.99. The van der Waals surface area contributed by atoms with E-state index in [-0.39, 0.29) is 17.0 Å². The summed E-state index contributed by atoms with van der Waals surface area (Å²) in [6.07, 6.45) is 0.508. The molecule has 2 aromatic rings. The zero-order chi connectivity index (χ0) is 22.3. The second-order valence-corrected chi connectivity index (χ2v) is 14.9. The fourth-order valence-electron chi connectivity index (χ4n) is 4.11. The van der Waals surface area contributed by atoms with Crippen LogP contribution in [0.5, 0.6) is 0 Å². The lowest BCUT2D eigenvalue weighted by Gasteiger charge is -2.43. The van der Waals surface area contributed by atoms with Crippen molar-refractivity contribution in [2.24, 2.45) is 0 Å². The first-order chi connectivity index (χ1) is 14.6. The molecular weight excluding hydrogens is 404 g/mol. The van der Waals surface area contributed by atoms with Gasteiger partial charge in [-0.3, -0.25) is 9.63 Å². The maximum Gasteiger partial charge on any atom is 0.242 e. The summed E-state index contributed by atoms with van der Waals surface area (Å²) < 4.78 is 6.93. The summed E-state index contributed by atoms with van der Waals surface area (Å²) in [6.45, 7) is 13.1. The minimum absolute atomic E-state index is 0.0323. The Morgan fingerprint density at radius 3 is 2.26 bits per heavy atom. The third-order valence-electron chi connectivity index (χ3n) is 6.92. The molecule has 6 heteroatoms. The predicted molar refractivity (Wildman–Crippen MR) is 124 cm³/mol. The molecule has 2 aromatic carbocycles. The fraction of sp³-hybridized carbons (Fsp3) is 0.480. The van der Waals surface area contributed by atoms with Crippen LogP contribution in [0, 0.1) is 0 Å². The highest BCUT2D eigenvalue weighted by atomic mass is 28.4. The molecule has 0 radical (unpaired) electrons. The average Bonchev–Trinajstić information content (AvgIpc) is 3.10. The predicted octanol–water partition coefficient (Wildman–Crippen LogP) is 4.91. The first kappa shape index (κ1) is 22.2. The van der Waals surface area contributed by atoms with E-state index in [0.29, 0.717) is 26.1 Å². The van der Waals surface area contributed by atoms with Crippen LogP contribution in [-0.2, 0) is 26.4 Å². The minimum Gasteiger partial charge on any atom is -0.385 e. The summed E-state index contributed by atoms with van der Waals surface area (Å²) in [4.78, 5) is 21.9. The molecule has 0 bridgehead atoms. The number of amides is 1. The molecule has 1 amide bonds. The summed E-state index contributed by atoms with van der Waals surface area (Å²) >= 11 is 0. The van der Waals surface area contributed by atoms with Gasteiger partial charge in [-0.2, -0.15) is 5.06 Å². The second-order valence-electron chi connectivity index (χ2n) is 10.2. The zero-order valence-electron chi connectivity index (χ0n) is 19.3. The molecule has 2 heterocycles. The number of fused-ring (bicyclic) bond motifs is 1. The molecule has 0 aliphatic carbocycles. The Kier molecular flexibility index (Phi) is 5.85. The molecule has 2 fully saturated rings. The lowest BCUT2D eigenvalue weighted by molar-refractivity contribution is -0.289. The van der Waals surface area contributed by atoms with Crippen molar-refractivity contribution in [2.45, 2.75) is 63.7 Å². The molecule has 2 unspecified atom stereocenters. The van der Waals surface area contributed by atoms with Gasteiger partial charge in [0.2, 0.25) is 11.7 Å². The van der Waals surface area contributed by atoms with Crippen molar-refractivity contribution in [2.75, 3.05) is 13.1 Å². The van der Waals surface area contributed by atoms with Gasteiger partial charge in [0.15, 0.2) is 8.32 Å². The maximum absolute atomic E-state index is 13.5. The van der Waals surface area contributed by atoms with Gasteiger partial charge in [0.25, 0.3) is 0 Å². The van der Waals surface area contributed by atoms with E-state index in [1.54, 1.807) is 0 Å². The quantitative estimate of drug-likeness (QED) is 0.622. The molecule has 0 spiro atoms. The van der Waals surface area contributed by atoms with Crippen LogP contribution < -0.4 is 0 Å². The Bertz CT molecular complexity index is 913. The molecular formula is C25H34N2O3Si. The van der Waals surface area contributed by atoms with Crippen LogP contribution >= 0.6 is 0 Å². The number of hydroxylamine groups is 2. The molecule has 0 N–H and O–H groups in total. The van der Waals surface area contributed by atoms with Crippen LogP contribution in [0.3, 0.4) is 0 Å². The van der Waals surface area contributed by atoms with Gasteiger partial charge in [-0.15, -0.1) is 0 Å². The molecule has 2 aliphatic rings. The van der Waals surface area contributed by atoms with E-state index in [2.05, 4.69) is 58.1 Å². The van der Waals surface area contributed by atoms with Crippen LogP contribution in [0.2, 0.25) is 18.1 Å². The first-order valence-corrected chi connectivity index (χ1v) is 14.1. The number of piperazine rings is 1. The molecule has 5 nitrogen and oxygen atoms in total. The van der Waals surface area contributed by atoms with E-state index < -0.39 is 14.1 Å². The topological polar surface area (TPSA) is 42.0 Å². The summed E-state index contributed by atoms with van der Waals surface area (Å²) in [5.41, 5.74) is 2.13. The highest BCUT2D eigenvalue weighted by Gasteiger charge is 2.56. The van der Waals surface area contributed by atoms with Crippen molar-refractivity contribution < 1.29 is 14.1 Å². The van der Waals surface area contributed by atoms with Gasteiger partial charge >= 0.3 is 0 Å². The lowest BCUT2D eigenvalue weighted by Crippen LogP contribution is -2.53. The van der Waals surface area contributed by atoms with E-state index in [0.717, 1.165) is 11.1 Å². The van der Waals surface area contributed by atoms with Crippen molar-refractivity contribution in [1.29, 1.82) is 0 Å². The van der Waals surface area contributed by atoms with Gasteiger partial charge in [0.05, 0.1) is 0 Å². The normalized spacial score (nSPS) is 25.0. The number of nitrogens with zero attached hydrogens (tertiary/aromatic N) is 2. The lowest BCUT2D eigenvalue weighted by atomic mass is 9.98. The van der Waals surface area contributed by atoms with E-state index in [9.17, 15) is 4.79 Å². The highest BCUT2D eigenvalue weighted by Crippen LogP contribution is 2.48. The van der Waals surface area contributed by atoms with Crippen molar-refractivity contribution in [3.63, 3.8) is 0 Å². The minimum atomic E-state index is -2.17. The molecule has 2 atom stereocenters. The zero-order valence-corrected chi connectivity index (χ0v) is 20.3. The number of carbonyl (C=O) groups is 1. The van der Waals surface area contributed by atoms with Gasteiger partial charge in [-0.1, -0.05) is 81.4 Å². The largest absolute Gasteiger partial charge is 0.385 e. The third-order valence-corrected chi connectivity index (χ3v) is 11.4. The monoisotopic (exact) mass is 438 g/mol. The standard InChI is InChI=1S/C25H34N2O3Si/c1-24(2,3)31(4,5)30-25(21-14-10-7-11-15-21)18-22-23(28)26(16-17-27(22)29-25)19-20-12-8-6-9-13-20/h6-15,22H,16-19H2,1-5H3. The van der Waals surface area contributed by atoms with Crippen molar-refractivity contribution in [1.82, 2.24) is 9.96 Å². The SMILES string of the molecule is CC(C)(C)[Si](C)(C)OC1(c2ccccc2)CC2C(=O)N(Cc3ccccc3)CCN2O1. The molecule has 31 heavy (non-hydrogen) atoms. The van der Waals surface area contributed by atoms with Crippen LogP contribution in [0.1, 0.15) is 38.3 Å². The Labute approximate surface area is 187 Å². The summed E-state index contributed by atoms with van der Waals surface area (Å²) in [5.74, 6) is -0.806. The fourth-order valence-corrected chi connectivity index (χ4v) is 5.48. The smallest absolute Gasteiger partial charge is 0.242 e. The Balaban J connectivity index is 1.62. The second kappa shape index (κ2) is 8.17. The number of benzene rings is 2. The highest BCUT2D eigenvalue weighted by molar-refractivity contribution is 6.74. The molecule has 2 saturated heterocycles. The number of hydrogen-bond acceptors (Lipinski definition) is 4. The molecule has 0 aromatic heterocycles. The molecule has 0 saturated carbocycles. The van der Waals surface area contributed by atoms with Crippen LogP contribution in [0.4, 0.5) is 0 Å². The van der Waals surface area contributed by atoms with Gasteiger partial charge in [0.1, 0.15) is 6.04 Å². The third kappa shape index (κ3) is 4.35. The van der Waals surface area contributed by atoms with Gasteiger partial charge in [0, 0.05) is 31.6 Å². The Morgan fingerprint density at radius 1 is 1.03 bits per heavy atom. The van der Waals surface area contributed by atoms with Gasteiger partial charge in [-0.25, -0.2) is 0 Å². The Morgan fingerprint density at radius 2 is 1.65 bits per heavy atom. The van der Waals surface area contributed by atoms with Gasteiger partial charge in [-0.05, 0) is 23.7 Å². The first-order valence-electron chi connectivity index (χ1n) is 11.2. The van der Waals surface area contributed by atoms with Crippen LogP contribution in [-0.4, -0.2) is 43.3 Å².